The molecule has 0 aromatic carbocycles. The monoisotopic (exact) mass is 288 g/mol. The van der Waals surface area contributed by atoms with E-state index >= 15 is 0 Å². The maximum absolute atomic E-state index is 12.4. The van der Waals surface area contributed by atoms with Gasteiger partial charge < -0.3 is 15.4 Å². The number of aliphatic hydroxyl groups is 1. The van der Waals surface area contributed by atoms with Crippen molar-refractivity contribution in [2.45, 2.75) is 36.3 Å². The summed E-state index contributed by atoms with van der Waals surface area (Å²) in [4.78, 5) is 3.79. The molecule has 0 atom stereocenters. The third kappa shape index (κ3) is 2.60. The van der Waals surface area contributed by atoms with Gasteiger partial charge in [0, 0.05) is 20.6 Å². The quantitative estimate of drug-likeness (QED) is 0.807. The minimum Gasteiger partial charge on any atom is -0.389 e. The molecule has 1 aromatic rings. The first-order valence-electron chi connectivity index (χ1n) is 6.22. The maximum Gasteiger partial charge on any atom is 0.262 e. The van der Waals surface area contributed by atoms with Crippen molar-refractivity contribution in [3.8, 4) is 0 Å². The standard InChI is InChI=1S/C11H20N4O3S/c1-14-8-13-9(12)10(14)19(17,18)15(2)7-11(16)5-3-4-6-11/h8,16H,3-7,12H2,1-2H3. The number of aromatic nitrogens is 2. The molecular formula is C11H20N4O3S. The zero-order chi connectivity index (χ0) is 14.3. The van der Waals surface area contributed by atoms with E-state index in [4.69, 9.17) is 5.73 Å². The van der Waals surface area contributed by atoms with Crippen LogP contribution in [-0.4, -0.2) is 46.6 Å². The number of nitrogens with zero attached hydrogens (tertiary/aromatic N) is 3. The Hall–Kier alpha value is -1.12. The van der Waals surface area contributed by atoms with E-state index in [1.807, 2.05) is 0 Å². The van der Waals surface area contributed by atoms with E-state index in [9.17, 15) is 13.5 Å². The summed E-state index contributed by atoms with van der Waals surface area (Å²) in [7, 11) is -0.700. The van der Waals surface area contributed by atoms with Crippen LogP contribution >= 0.6 is 0 Å². The number of likely N-dealkylation sites (N-methyl/N-ethyl adjacent to an activating group) is 1. The Labute approximate surface area is 113 Å². The molecule has 0 amide bonds. The van der Waals surface area contributed by atoms with E-state index in [0.29, 0.717) is 12.8 Å². The largest absolute Gasteiger partial charge is 0.389 e. The third-order valence-electron chi connectivity index (χ3n) is 3.62. The van der Waals surface area contributed by atoms with Gasteiger partial charge in [0.05, 0.1) is 11.9 Å². The van der Waals surface area contributed by atoms with Crippen LogP contribution in [0.4, 0.5) is 5.82 Å². The molecule has 7 nitrogen and oxygen atoms in total. The second-order valence-electron chi connectivity index (χ2n) is 5.24. The van der Waals surface area contributed by atoms with Crippen molar-refractivity contribution in [2.24, 2.45) is 7.05 Å². The Balaban J connectivity index is 2.25. The lowest BCUT2D eigenvalue weighted by Crippen LogP contribution is -2.42. The van der Waals surface area contributed by atoms with Gasteiger partial charge in [-0.1, -0.05) is 12.8 Å². The van der Waals surface area contributed by atoms with Crippen LogP contribution in [-0.2, 0) is 17.1 Å². The molecule has 0 spiro atoms. The summed E-state index contributed by atoms with van der Waals surface area (Å²) in [6.07, 6.45) is 4.48. The van der Waals surface area contributed by atoms with Gasteiger partial charge in [-0.3, -0.25) is 0 Å². The molecule has 1 aromatic heterocycles. The molecule has 0 saturated heterocycles. The van der Waals surface area contributed by atoms with E-state index in [2.05, 4.69) is 4.98 Å². The highest BCUT2D eigenvalue weighted by Gasteiger charge is 2.37. The molecule has 1 heterocycles. The number of anilines is 1. The van der Waals surface area contributed by atoms with Crippen molar-refractivity contribution in [1.82, 2.24) is 13.9 Å². The van der Waals surface area contributed by atoms with Crippen LogP contribution in [0.2, 0.25) is 0 Å². The second-order valence-corrected chi connectivity index (χ2v) is 7.20. The number of nitrogen functional groups attached to an aromatic ring is 1. The van der Waals surface area contributed by atoms with Crippen molar-refractivity contribution in [3.05, 3.63) is 6.33 Å². The molecule has 1 aliphatic rings. The van der Waals surface area contributed by atoms with E-state index in [0.717, 1.165) is 17.1 Å². The van der Waals surface area contributed by atoms with Gasteiger partial charge >= 0.3 is 0 Å². The minimum absolute atomic E-state index is 0.0206. The van der Waals surface area contributed by atoms with Crippen LogP contribution in [0.3, 0.4) is 0 Å². The first kappa shape index (κ1) is 14.3. The van der Waals surface area contributed by atoms with Crippen molar-refractivity contribution in [1.29, 1.82) is 0 Å². The highest BCUT2D eigenvalue weighted by molar-refractivity contribution is 7.89. The number of imidazole rings is 1. The lowest BCUT2D eigenvalue weighted by atomic mass is 10.0. The Morgan fingerprint density at radius 2 is 2.11 bits per heavy atom. The Morgan fingerprint density at radius 1 is 1.53 bits per heavy atom. The molecule has 3 N–H and O–H groups in total. The van der Waals surface area contributed by atoms with Crippen LogP contribution in [0.1, 0.15) is 25.7 Å². The Bertz CT molecular complexity index is 541. The number of aryl methyl sites for hydroxylation is 1. The summed E-state index contributed by atoms with van der Waals surface area (Å²) in [5.41, 5.74) is 4.68. The number of nitrogens with two attached hydrogens (primary N) is 1. The molecule has 8 heteroatoms. The number of hydrogen-bond acceptors (Lipinski definition) is 5. The van der Waals surface area contributed by atoms with Gasteiger partial charge in [0.1, 0.15) is 0 Å². The van der Waals surface area contributed by atoms with Gasteiger partial charge in [0.25, 0.3) is 10.0 Å². The van der Waals surface area contributed by atoms with Gasteiger partial charge in [0.2, 0.25) is 0 Å². The van der Waals surface area contributed by atoms with E-state index < -0.39 is 15.6 Å². The summed E-state index contributed by atoms with van der Waals surface area (Å²) in [6.45, 7) is 0.0833. The first-order valence-corrected chi connectivity index (χ1v) is 7.66. The fourth-order valence-corrected chi connectivity index (χ4v) is 4.02. The molecular weight excluding hydrogens is 268 g/mol. The van der Waals surface area contributed by atoms with Crippen LogP contribution in [0, 0.1) is 0 Å². The lowest BCUT2D eigenvalue weighted by molar-refractivity contribution is 0.0333. The van der Waals surface area contributed by atoms with Crippen molar-refractivity contribution < 1.29 is 13.5 Å². The van der Waals surface area contributed by atoms with Gasteiger partial charge in [-0.25, -0.2) is 13.4 Å². The predicted molar refractivity (Wildman–Crippen MR) is 70.9 cm³/mol. The normalized spacial score (nSPS) is 19.2. The van der Waals surface area contributed by atoms with Gasteiger partial charge in [-0.15, -0.1) is 0 Å². The van der Waals surface area contributed by atoms with Crippen molar-refractivity contribution in [3.63, 3.8) is 0 Å². The van der Waals surface area contributed by atoms with Crippen LogP contribution < -0.4 is 5.73 Å². The third-order valence-corrected chi connectivity index (χ3v) is 5.55. The number of sulfonamides is 1. The van der Waals surface area contributed by atoms with Gasteiger partial charge in [-0.2, -0.15) is 4.31 Å². The lowest BCUT2D eigenvalue weighted by Gasteiger charge is -2.28. The summed E-state index contributed by atoms with van der Waals surface area (Å²) in [5.74, 6) is -0.0206. The van der Waals surface area contributed by atoms with E-state index in [-0.39, 0.29) is 17.4 Å². The summed E-state index contributed by atoms with van der Waals surface area (Å²) >= 11 is 0. The van der Waals surface area contributed by atoms with Crippen molar-refractivity contribution in [2.75, 3.05) is 19.3 Å². The summed E-state index contributed by atoms with van der Waals surface area (Å²) < 4.78 is 27.4. The molecule has 2 rings (SSSR count). The highest BCUT2D eigenvalue weighted by atomic mass is 32.2. The number of hydrogen-bond donors (Lipinski definition) is 2. The molecule has 0 radical (unpaired) electrons. The topological polar surface area (TPSA) is 101 Å². The van der Waals surface area contributed by atoms with Gasteiger partial charge in [0.15, 0.2) is 10.8 Å². The first-order chi connectivity index (χ1) is 8.76. The van der Waals surface area contributed by atoms with Crippen LogP contribution in [0.15, 0.2) is 11.4 Å². The SMILES string of the molecule is CN(CC1(O)CCCC1)S(=O)(=O)c1c(N)ncn1C. The molecule has 0 unspecified atom stereocenters. The Kier molecular flexibility index (Phi) is 3.59. The van der Waals surface area contributed by atoms with Crippen LogP contribution in [0.25, 0.3) is 0 Å². The van der Waals surface area contributed by atoms with Crippen LogP contribution in [0.5, 0.6) is 0 Å². The molecule has 0 bridgehead atoms. The average molecular weight is 288 g/mol. The zero-order valence-electron chi connectivity index (χ0n) is 11.2. The molecule has 108 valence electrons. The molecule has 0 aliphatic heterocycles. The van der Waals surface area contributed by atoms with Crippen molar-refractivity contribution >= 4 is 15.8 Å². The molecule has 1 aliphatic carbocycles. The highest BCUT2D eigenvalue weighted by Crippen LogP contribution is 2.31. The van der Waals surface area contributed by atoms with E-state index in [1.165, 1.54) is 17.9 Å². The average Bonchev–Trinajstić information content (AvgIpc) is 2.86. The Morgan fingerprint density at radius 3 is 2.58 bits per heavy atom. The molecule has 19 heavy (non-hydrogen) atoms. The minimum atomic E-state index is -3.73. The fourth-order valence-electron chi connectivity index (χ4n) is 2.59. The molecule has 1 fully saturated rings. The zero-order valence-corrected chi connectivity index (χ0v) is 12.0. The number of rotatable bonds is 4. The second kappa shape index (κ2) is 4.77. The maximum atomic E-state index is 12.4. The molecule has 1 saturated carbocycles. The summed E-state index contributed by atoms with van der Waals surface area (Å²) in [5, 5.41) is 10.3. The summed E-state index contributed by atoms with van der Waals surface area (Å²) in [6, 6.07) is 0. The predicted octanol–water partition coefficient (Wildman–Crippen LogP) is -0.0721. The van der Waals surface area contributed by atoms with Gasteiger partial charge in [-0.05, 0) is 12.8 Å². The van der Waals surface area contributed by atoms with E-state index in [1.54, 1.807) is 7.05 Å². The fraction of sp³-hybridized carbons (Fsp3) is 0.727. The smallest absolute Gasteiger partial charge is 0.262 e.